The lowest BCUT2D eigenvalue weighted by Crippen LogP contribution is -2.33. The molecule has 0 aliphatic rings. The minimum Gasteiger partial charge on any atom is -0.478 e. The van der Waals surface area contributed by atoms with Gasteiger partial charge < -0.3 is 10.0 Å². The van der Waals surface area contributed by atoms with Crippen molar-refractivity contribution >= 4 is 15.8 Å². The molecule has 0 heterocycles. The van der Waals surface area contributed by atoms with Crippen LogP contribution in [0.3, 0.4) is 0 Å². The van der Waals surface area contributed by atoms with E-state index in [9.17, 15) is 13.2 Å². The van der Waals surface area contributed by atoms with Gasteiger partial charge in [0.15, 0.2) is 9.84 Å². The lowest BCUT2D eigenvalue weighted by atomic mass is 9.96. The lowest BCUT2D eigenvalue weighted by Gasteiger charge is -2.26. The second kappa shape index (κ2) is 6.58. The maximum absolute atomic E-state index is 12.3. The number of benzene rings is 1. The minimum atomic E-state index is -3.47. The normalized spacial score (nSPS) is 12.6. The number of carboxylic acids is 1. The van der Waals surface area contributed by atoms with Crippen molar-refractivity contribution in [1.29, 1.82) is 0 Å². The van der Waals surface area contributed by atoms with E-state index in [0.717, 1.165) is 6.54 Å². The van der Waals surface area contributed by atoms with E-state index in [2.05, 4.69) is 20.8 Å². The van der Waals surface area contributed by atoms with E-state index in [4.69, 9.17) is 5.11 Å². The third-order valence-corrected chi connectivity index (χ3v) is 4.62. The zero-order valence-corrected chi connectivity index (χ0v) is 13.8. The van der Waals surface area contributed by atoms with Crippen LogP contribution >= 0.6 is 0 Å². The Labute approximate surface area is 126 Å². The molecule has 0 amide bonds. The van der Waals surface area contributed by atoms with E-state index < -0.39 is 15.8 Å². The average molecular weight is 313 g/mol. The van der Waals surface area contributed by atoms with Crippen LogP contribution in [0.1, 0.15) is 31.1 Å². The molecule has 0 aliphatic heterocycles. The first-order valence-corrected chi connectivity index (χ1v) is 8.41. The summed E-state index contributed by atoms with van der Waals surface area (Å²) in [4.78, 5) is 12.9. The number of carbonyl (C=O) groups is 1. The monoisotopic (exact) mass is 313 g/mol. The van der Waals surface area contributed by atoms with Crippen molar-refractivity contribution in [3.8, 4) is 0 Å². The van der Waals surface area contributed by atoms with Crippen LogP contribution < -0.4 is 0 Å². The summed E-state index contributed by atoms with van der Waals surface area (Å²) in [5, 5.41) is 8.92. The Balaban J connectivity index is 2.78. The molecule has 0 bridgehead atoms. The third kappa shape index (κ3) is 5.85. The molecule has 21 heavy (non-hydrogen) atoms. The number of hydrogen-bond donors (Lipinski definition) is 1. The van der Waals surface area contributed by atoms with Crippen molar-refractivity contribution < 1.29 is 18.3 Å². The zero-order valence-electron chi connectivity index (χ0n) is 13.0. The van der Waals surface area contributed by atoms with Crippen LogP contribution in [0.15, 0.2) is 29.2 Å². The molecule has 0 fully saturated rings. The van der Waals surface area contributed by atoms with Gasteiger partial charge in [-0.15, -0.1) is 0 Å². The van der Waals surface area contributed by atoms with E-state index in [1.807, 2.05) is 11.9 Å². The smallest absolute Gasteiger partial charge is 0.335 e. The van der Waals surface area contributed by atoms with E-state index in [0.29, 0.717) is 6.54 Å². The molecule has 0 saturated carbocycles. The van der Waals surface area contributed by atoms with Crippen molar-refractivity contribution in [3.63, 3.8) is 0 Å². The summed E-state index contributed by atoms with van der Waals surface area (Å²) >= 11 is 0. The molecule has 0 aromatic heterocycles. The van der Waals surface area contributed by atoms with Crippen LogP contribution in [0.25, 0.3) is 0 Å². The molecular formula is C15H23NO4S. The Kier molecular flexibility index (Phi) is 5.53. The molecule has 0 radical (unpaired) electrons. The highest BCUT2D eigenvalue weighted by Crippen LogP contribution is 2.16. The summed E-state index contributed by atoms with van der Waals surface area (Å²) < 4.78 is 24.5. The quantitative estimate of drug-likeness (QED) is 0.871. The molecule has 6 heteroatoms. The Morgan fingerprint density at radius 3 is 2.43 bits per heavy atom. The van der Waals surface area contributed by atoms with Gasteiger partial charge in [0, 0.05) is 13.1 Å². The van der Waals surface area contributed by atoms with Gasteiger partial charge in [-0.2, -0.15) is 0 Å². The van der Waals surface area contributed by atoms with Crippen LogP contribution in [0, 0.1) is 5.41 Å². The van der Waals surface area contributed by atoms with Gasteiger partial charge in [0.2, 0.25) is 0 Å². The van der Waals surface area contributed by atoms with Crippen molar-refractivity contribution in [2.75, 3.05) is 25.9 Å². The summed E-state index contributed by atoms with van der Waals surface area (Å²) in [6, 6.07) is 5.48. The Morgan fingerprint density at radius 2 is 1.90 bits per heavy atom. The summed E-state index contributed by atoms with van der Waals surface area (Å²) in [5.41, 5.74) is 0.0842. The first-order valence-electron chi connectivity index (χ1n) is 6.76. The van der Waals surface area contributed by atoms with Crippen LogP contribution in [-0.4, -0.2) is 50.3 Å². The van der Waals surface area contributed by atoms with Gasteiger partial charge in [-0.05, 0) is 30.7 Å². The highest BCUT2D eigenvalue weighted by atomic mass is 32.2. The van der Waals surface area contributed by atoms with Crippen LogP contribution in [0.2, 0.25) is 0 Å². The molecule has 1 aromatic carbocycles. The number of nitrogens with zero attached hydrogens (tertiary/aromatic N) is 1. The van der Waals surface area contributed by atoms with Gasteiger partial charge in [-0.3, -0.25) is 0 Å². The highest BCUT2D eigenvalue weighted by Gasteiger charge is 2.19. The molecule has 1 N–H and O–H groups in total. The molecule has 0 spiro atoms. The van der Waals surface area contributed by atoms with Gasteiger partial charge in [-0.1, -0.05) is 26.8 Å². The predicted octanol–water partition coefficient (Wildman–Crippen LogP) is 2.14. The van der Waals surface area contributed by atoms with E-state index in [-0.39, 0.29) is 21.6 Å². The summed E-state index contributed by atoms with van der Waals surface area (Å²) in [7, 11) is -1.59. The molecule has 1 rings (SSSR count). The fraction of sp³-hybridized carbons (Fsp3) is 0.533. The molecule has 0 saturated heterocycles. The molecular weight excluding hydrogens is 290 g/mol. The van der Waals surface area contributed by atoms with Gasteiger partial charge in [0.1, 0.15) is 0 Å². The number of hydrogen-bond acceptors (Lipinski definition) is 4. The van der Waals surface area contributed by atoms with E-state index >= 15 is 0 Å². The minimum absolute atomic E-state index is 0.0147. The van der Waals surface area contributed by atoms with Crippen LogP contribution in [-0.2, 0) is 9.84 Å². The molecule has 0 atom stereocenters. The first kappa shape index (κ1) is 17.7. The fourth-order valence-corrected chi connectivity index (χ4v) is 3.49. The number of rotatable bonds is 6. The fourth-order valence-electron chi connectivity index (χ4n) is 2.11. The van der Waals surface area contributed by atoms with Crippen molar-refractivity contribution in [2.24, 2.45) is 5.41 Å². The Morgan fingerprint density at radius 1 is 1.29 bits per heavy atom. The topological polar surface area (TPSA) is 74.7 Å². The number of carboxylic acid groups (broad SMARTS) is 1. The average Bonchev–Trinajstić information content (AvgIpc) is 2.35. The first-order chi connectivity index (χ1) is 9.51. The van der Waals surface area contributed by atoms with Crippen molar-refractivity contribution in [1.82, 2.24) is 4.90 Å². The largest absolute Gasteiger partial charge is 0.478 e. The second-order valence-electron chi connectivity index (χ2n) is 6.45. The zero-order chi connectivity index (χ0) is 16.3. The standard InChI is InChI=1S/C15H23NO4S/c1-15(2,3)11-16(4)8-9-21(19,20)13-7-5-6-12(10-13)14(17)18/h5-7,10H,8-9,11H2,1-4H3,(H,17,18). The lowest BCUT2D eigenvalue weighted by molar-refractivity contribution is 0.0696. The number of sulfone groups is 1. The summed E-state index contributed by atoms with van der Waals surface area (Å²) in [6.45, 7) is 7.48. The van der Waals surface area contributed by atoms with Crippen molar-refractivity contribution in [3.05, 3.63) is 29.8 Å². The maximum Gasteiger partial charge on any atom is 0.335 e. The molecule has 0 unspecified atom stereocenters. The van der Waals surface area contributed by atoms with Crippen LogP contribution in [0.5, 0.6) is 0 Å². The maximum atomic E-state index is 12.3. The molecule has 1 aromatic rings. The molecule has 118 valence electrons. The van der Waals surface area contributed by atoms with E-state index in [1.165, 1.54) is 24.3 Å². The van der Waals surface area contributed by atoms with Gasteiger partial charge in [-0.25, -0.2) is 13.2 Å². The van der Waals surface area contributed by atoms with Crippen molar-refractivity contribution in [2.45, 2.75) is 25.7 Å². The molecule has 5 nitrogen and oxygen atoms in total. The summed E-state index contributed by atoms with van der Waals surface area (Å²) in [6.07, 6.45) is 0. The number of aromatic carboxylic acids is 1. The Hall–Kier alpha value is -1.40. The van der Waals surface area contributed by atoms with Gasteiger partial charge in [0.05, 0.1) is 16.2 Å². The van der Waals surface area contributed by atoms with E-state index in [1.54, 1.807) is 0 Å². The highest BCUT2D eigenvalue weighted by molar-refractivity contribution is 7.91. The molecule has 0 aliphatic carbocycles. The second-order valence-corrected chi connectivity index (χ2v) is 8.56. The van der Waals surface area contributed by atoms with Gasteiger partial charge >= 0.3 is 5.97 Å². The Bertz CT molecular complexity index is 602. The van der Waals surface area contributed by atoms with Crippen LogP contribution in [0.4, 0.5) is 0 Å². The predicted molar refractivity (Wildman–Crippen MR) is 82.4 cm³/mol. The SMILES string of the molecule is CN(CCS(=O)(=O)c1cccc(C(=O)O)c1)CC(C)(C)C. The summed E-state index contributed by atoms with van der Waals surface area (Å²) in [5.74, 6) is -1.15. The third-order valence-electron chi connectivity index (χ3n) is 2.93. The van der Waals surface area contributed by atoms with Gasteiger partial charge in [0.25, 0.3) is 0 Å².